The number of nitrogens with two attached hydrogens (primary N) is 1. The summed E-state index contributed by atoms with van der Waals surface area (Å²) in [5, 5.41) is 2.67. The van der Waals surface area contributed by atoms with Crippen LogP contribution < -0.4 is 15.8 Å². The molecular formula is C19H24Cl2FN3O3. The van der Waals surface area contributed by atoms with Crippen molar-refractivity contribution in [3.05, 3.63) is 54.1 Å². The Morgan fingerprint density at radius 1 is 1.29 bits per heavy atom. The number of ether oxygens (including phenoxy) is 2. The summed E-state index contributed by atoms with van der Waals surface area (Å²) in [6.45, 7) is 1.39. The zero-order valence-electron chi connectivity index (χ0n) is 15.2. The van der Waals surface area contributed by atoms with Gasteiger partial charge in [-0.15, -0.1) is 24.8 Å². The minimum atomic E-state index is -0.637. The highest BCUT2D eigenvalue weighted by atomic mass is 35.5. The molecule has 1 saturated heterocycles. The second-order valence-electron chi connectivity index (χ2n) is 6.22. The maximum Gasteiger partial charge on any atom is 0.241 e. The van der Waals surface area contributed by atoms with Gasteiger partial charge in [0.2, 0.25) is 5.91 Å². The van der Waals surface area contributed by atoms with Crippen molar-refractivity contribution in [1.82, 2.24) is 4.98 Å². The highest BCUT2D eigenvalue weighted by molar-refractivity contribution is 5.95. The number of rotatable bonds is 6. The molecular weight excluding hydrogens is 408 g/mol. The number of hydrogen-bond acceptors (Lipinski definition) is 5. The first-order valence-corrected chi connectivity index (χ1v) is 8.60. The monoisotopic (exact) mass is 431 g/mol. The highest BCUT2D eigenvalue weighted by Gasteiger charge is 2.26. The average Bonchev–Trinajstić information content (AvgIpc) is 2.68. The molecule has 0 spiro atoms. The Labute approximate surface area is 175 Å². The van der Waals surface area contributed by atoms with Gasteiger partial charge in [-0.05, 0) is 43.0 Å². The molecule has 1 amide bonds. The molecule has 0 radical (unpaired) electrons. The lowest BCUT2D eigenvalue weighted by molar-refractivity contribution is -0.119. The summed E-state index contributed by atoms with van der Waals surface area (Å²) < 4.78 is 24.9. The smallest absolute Gasteiger partial charge is 0.241 e. The van der Waals surface area contributed by atoms with E-state index in [4.69, 9.17) is 15.2 Å². The van der Waals surface area contributed by atoms with Crippen LogP contribution in [-0.4, -0.2) is 30.1 Å². The van der Waals surface area contributed by atoms with E-state index < -0.39 is 11.9 Å². The van der Waals surface area contributed by atoms with Crippen LogP contribution in [0.1, 0.15) is 18.5 Å². The number of halogens is 3. The number of nitrogens with one attached hydrogen (secondary N) is 1. The Morgan fingerprint density at radius 3 is 2.68 bits per heavy atom. The second-order valence-corrected chi connectivity index (χ2v) is 6.22. The minimum absolute atomic E-state index is 0. The SMILES string of the molecule is Cl.Cl.NC(C(=O)Nc1ccc(OCc2ccccn2)c(F)c1)C1CCOCC1. The van der Waals surface area contributed by atoms with E-state index in [1.807, 2.05) is 6.07 Å². The van der Waals surface area contributed by atoms with E-state index in [9.17, 15) is 9.18 Å². The number of hydrogen-bond donors (Lipinski definition) is 2. The lowest BCUT2D eigenvalue weighted by Gasteiger charge is -2.26. The summed E-state index contributed by atoms with van der Waals surface area (Å²) in [4.78, 5) is 16.4. The number of amides is 1. The Kier molecular flexibility index (Phi) is 10.2. The predicted octanol–water partition coefficient (Wildman–Crippen LogP) is 3.34. The van der Waals surface area contributed by atoms with Gasteiger partial charge in [-0.2, -0.15) is 0 Å². The number of benzene rings is 1. The molecule has 9 heteroatoms. The number of nitrogens with zero attached hydrogens (tertiary/aromatic N) is 1. The molecule has 1 fully saturated rings. The summed E-state index contributed by atoms with van der Waals surface area (Å²) in [5.74, 6) is -0.700. The van der Waals surface area contributed by atoms with Crippen LogP contribution in [0.2, 0.25) is 0 Å². The van der Waals surface area contributed by atoms with Gasteiger partial charge in [0.15, 0.2) is 11.6 Å². The van der Waals surface area contributed by atoms with Crippen LogP contribution in [0, 0.1) is 11.7 Å². The molecule has 28 heavy (non-hydrogen) atoms. The van der Waals surface area contributed by atoms with E-state index >= 15 is 0 Å². The van der Waals surface area contributed by atoms with Gasteiger partial charge in [-0.3, -0.25) is 9.78 Å². The van der Waals surface area contributed by atoms with Crippen LogP contribution in [0.25, 0.3) is 0 Å². The largest absolute Gasteiger partial charge is 0.484 e. The van der Waals surface area contributed by atoms with Gasteiger partial charge in [0.1, 0.15) is 6.61 Å². The number of carbonyl (C=O) groups is 1. The molecule has 2 aromatic rings. The number of carbonyl (C=O) groups excluding carboxylic acids is 1. The van der Waals surface area contributed by atoms with Gasteiger partial charge < -0.3 is 20.5 Å². The van der Waals surface area contributed by atoms with E-state index in [1.165, 1.54) is 12.1 Å². The Morgan fingerprint density at radius 2 is 2.04 bits per heavy atom. The van der Waals surface area contributed by atoms with Gasteiger partial charge >= 0.3 is 0 Å². The van der Waals surface area contributed by atoms with E-state index in [1.54, 1.807) is 24.4 Å². The van der Waals surface area contributed by atoms with Crippen LogP contribution in [0.5, 0.6) is 5.75 Å². The average molecular weight is 432 g/mol. The normalized spacial score (nSPS) is 14.9. The van der Waals surface area contributed by atoms with Crippen molar-refractivity contribution in [1.29, 1.82) is 0 Å². The molecule has 1 atom stereocenters. The van der Waals surface area contributed by atoms with E-state index in [2.05, 4.69) is 10.3 Å². The first kappa shape index (κ1) is 24.1. The fraction of sp³-hybridized carbons (Fsp3) is 0.368. The van der Waals surface area contributed by atoms with Crippen LogP contribution in [-0.2, 0) is 16.1 Å². The van der Waals surface area contributed by atoms with E-state index in [-0.39, 0.29) is 49.0 Å². The van der Waals surface area contributed by atoms with E-state index in [0.29, 0.717) is 24.6 Å². The molecule has 3 N–H and O–H groups in total. The topological polar surface area (TPSA) is 86.5 Å². The second kappa shape index (κ2) is 11.8. The first-order chi connectivity index (χ1) is 12.6. The zero-order valence-corrected chi connectivity index (χ0v) is 16.8. The predicted molar refractivity (Wildman–Crippen MR) is 110 cm³/mol. The fourth-order valence-electron chi connectivity index (χ4n) is 2.85. The summed E-state index contributed by atoms with van der Waals surface area (Å²) in [6.07, 6.45) is 3.15. The third kappa shape index (κ3) is 6.60. The van der Waals surface area contributed by atoms with Crippen molar-refractivity contribution >= 4 is 36.4 Å². The lowest BCUT2D eigenvalue weighted by Crippen LogP contribution is -2.44. The van der Waals surface area contributed by atoms with Gasteiger partial charge in [0, 0.05) is 31.2 Å². The molecule has 1 aliphatic rings. The lowest BCUT2D eigenvalue weighted by atomic mass is 9.92. The third-order valence-electron chi connectivity index (χ3n) is 4.38. The molecule has 154 valence electrons. The summed E-state index contributed by atoms with van der Waals surface area (Å²) in [6, 6.07) is 9.09. The Hall–Kier alpha value is -1.93. The van der Waals surface area contributed by atoms with E-state index in [0.717, 1.165) is 12.8 Å². The van der Waals surface area contributed by atoms with Gasteiger partial charge in [-0.25, -0.2) is 4.39 Å². The van der Waals surface area contributed by atoms with Crippen molar-refractivity contribution in [3.8, 4) is 5.75 Å². The van der Waals surface area contributed by atoms with Crippen molar-refractivity contribution in [3.63, 3.8) is 0 Å². The minimum Gasteiger partial charge on any atom is -0.484 e. The zero-order chi connectivity index (χ0) is 18.4. The number of aromatic nitrogens is 1. The van der Waals surface area contributed by atoms with Crippen LogP contribution >= 0.6 is 24.8 Å². The molecule has 0 saturated carbocycles. The fourth-order valence-corrected chi connectivity index (χ4v) is 2.85. The molecule has 1 aliphatic heterocycles. The molecule has 1 aromatic carbocycles. The summed E-state index contributed by atoms with van der Waals surface area (Å²) >= 11 is 0. The number of anilines is 1. The summed E-state index contributed by atoms with van der Waals surface area (Å²) in [7, 11) is 0. The summed E-state index contributed by atoms with van der Waals surface area (Å²) in [5.41, 5.74) is 7.07. The Bertz CT molecular complexity index is 746. The van der Waals surface area contributed by atoms with Crippen LogP contribution in [0.4, 0.5) is 10.1 Å². The number of pyridine rings is 1. The Balaban J connectivity index is 0.00000196. The molecule has 0 bridgehead atoms. The standard InChI is InChI=1S/C19H22FN3O3.2ClH/c20-16-11-14(23-19(24)18(21)13-6-9-25-10-7-13)4-5-17(16)26-12-15-3-1-2-8-22-15;;/h1-5,8,11,13,18H,6-7,9-10,12,21H2,(H,23,24);2*1H. The molecule has 1 unspecified atom stereocenters. The van der Waals surface area contributed by atoms with Gasteiger partial charge in [-0.1, -0.05) is 6.07 Å². The maximum absolute atomic E-state index is 14.2. The van der Waals surface area contributed by atoms with Crippen molar-refractivity contribution in [2.24, 2.45) is 11.7 Å². The molecule has 3 rings (SSSR count). The third-order valence-corrected chi connectivity index (χ3v) is 4.38. The van der Waals surface area contributed by atoms with Crippen molar-refractivity contribution in [2.45, 2.75) is 25.5 Å². The highest BCUT2D eigenvalue weighted by Crippen LogP contribution is 2.23. The first-order valence-electron chi connectivity index (χ1n) is 8.60. The molecule has 0 aliphatic carbocycles. The van der Waals surface area contributed by atoms with Crippen molar-refractivity contribution in [2.75, 3.05) is 18.5 Å². The van der Waals surface area contributed by atoms with Gasteiger partial charge in [0.25, 0.3) is 0 Å². The quantitative estimate of drug-likeness (QED) is 0.732. The maximum atomic E-state index is 14.2. The van der Waals surface area contributed by atoms with Crippen LogP contribution in [0.3, 0.4) is 0 Å². The van der Waals surface area contributed by atoms with Crippen molar-refractivity contribution < 1.29 is 18.7 Å². The molecule has 1 aromatic heterocycles. The van der Waals surface area contributed by atoms with Gasteiger partial charge in [0.05, 0.1) is 11.7 Å². The molecule has 6 nitrogen and oxygen atoms in total. The molecule has 2 heterocycles. The van der Waals surface area contributed by atoms with Crippen LogP contribution in [0.15, 0.2) is 42.6 Å².